The third-order valence-corrected chi connectivity index (χ3v) is 3.61. The summed E-state index contributed by atoms with van der Waals surface area (Å²) in [7, 11) is 0. The van der Waals surface area contributed by atoms with Gasteiger partial charge in [-0.15, -0.1) is 0 Å². The van der Waals surface area contributed by atoms with Gasteiger partial charge in [-0.1, -0.05) is 18.3 Å². The van der Waals surface area contributed by atoms with E-state index in [4.69, 9.17) is 0 Å². The highest BCUT2D eigenvalue weighted by atomic mass is 127. The number of aryl methyl sites for hydroxylation is 1. The van der Waals surface area contributed by atoms with E-state index < -0.39 is 0 Å². The zero-order valence-electron chi connectivity index (χ0n) is 6.85. The highest BCUT2D eigenvalue weighted by Crippen LogP contribution is 2.23. The van der Waals surface area contributed by atoms with Crippen LogP contribution in [0.4, 0.5) is 5.13 Å². The first kappa shape index (κ1) is 9.91. The lowest BCUT2D eigenvalue weighted by Crippen LogP contribution is -2.08. The molecule has 1 aromatic heterocycles. The van der Waals surface area contributed by atoms with Crippen molar-refractivity contribution in [3.8, 4) is 0 Å². The molecule has 1 amide bonds. The number of anilines is 1. The Bertz CT molecular complexity index is 278. The van der Waals surface area contributed by atoms with Crippen LogP contribution < -0.4 is 5.32 Å². The average Bonchev–Trinajstić information content (AvgIpc) is 2.31. The molecule has 1 rings (SSSR count). The first-order valence-corrected chi connectivity index (χ1v) is 5.45. The predicted molar refractivity (Wildman–Crippen MR) is 58.5 cm³/mol. The molecule has 0 aliphatic heterocycles. The molecule has 12 heavy (non-hydrogen) atoms. The van der Waals surface area contributed by atoms with Gasteiger partial charge in [0.1, 0.15) is 0 Å². The first-order valence-electron chi connectivity index (χ1n) is 3.56. The highest BCUT2D eigenvalue weighted by molar-refractivity contribution is 14.1. The largest absolute Gasteiger partial charge is 0.302 e. The Labute approximate surface area is 88.7 Å². The van der Waals surface area contributed by atoms with E-state index in [1.165, 1.54) is 11.3 Å². The second kappa shape index (κ2) is 4.18. The molecule has 0 saturated heterocycles. The Morgan fingerprint density at radius 1 is 1.75 bits per heavy atom. The monoisotopic (exact) mass is 296 g/mol. The second-order valence-corrected chi connectivity index (χ2v) is 5.09. The summed E-state index contributed by atoms with van der Waals surface area (Å²) in [5, 5.41) is 3.41. The fourth-order valence-electron chi connectivity index (χ4n) is 0.639. The Morgan fingerprint density at radius 2 is 2.42 bits per heavy atom. The van der Waals surface area contributed by atoms with Crippen molar-refractivity contribution < 1.29 is 4.79 Å². The van der Waals surface area contributed by atoms with Crippen molar-refractivity contribution in [3.05, 3.63) is 8.58 Å². The summed E-state index contributed by atoms with van der Waals surface area (Å²) < 4.78 is 1.12. The van der Waals surface area contributed by atoms with Crippen molar-refractivity contribution in [2.45, 2.75) is 20.3 Å². The van der Waals surface area contributed by atoms with Gasteiger partial charge in [-0.05, 0) is 29.5 Å². The van der Waals surface area contributed by atoms with E-state index in [-0.39, 0.29) is 5.91 Å². The third kappa shape index (κ3) is 2.41. The van der Waals surface area contributed by atoms with E-state index in [2.05, 4.69) is 32.9 Å². The van der Waals surface area contributed by atoms with E-state index in [1.54, 1.807) is 0 Å². The molecule has 5 heteroatoms. The quantitative estimate of drug-likeness (QED) is 0.852. The van der Waals surface area contributed by atoms with Gasteiger partial charge in [0.25, 0.3) is 0 Å². The maximum Gasteiger partial charge on any atom is 0.225 e. The van der Waals surface area contributed by atoms with Gasteiger partial charge in [0, 0.05) is 6.42 Å². The molecule has 0 aromatic carbocycles. The first-order chi connectivity index (χ1) is 5.63. The number of nitrogens with zero attached hydrogens (tertiary/aromatic N) is 1. The van der Waals surface area contributed by atoms with E-state index >= 15 is 0 Å². The molecule has 0 unspecified atom stereocenters. The lowest BCUT2D eigenvalue weighted by molar-refractivity contribution is -0.115. The Hall–Kier alpha value is -0.170. The van der Waals surface area contributed by atoms with Crippen LogP contribution in [0.1, 0.15) is 19.0 Å². The maximum atomic E-state index is 11.0. The molecular formula is C7H9IN2OS. The van der Waals surface area contributed by atoms with Gasteiger partial charge in [0.15, 0.2) is 5.13 Å². The summed E-state index contributed by atoms with van der Waals surface area (Å²) in [4.78, 5) is 15.1. The summed E-state index contributed by atoms with van der Waals surface area (Å²) in [6.07, 6.45) is 0.495. The van der Waals surface area contributed by atoms with Crippen LogP contribution in [0.2, 0.25) is 0 Å². The standard InChI is InChI=1S/C7H9IN2OS/c1-3-5(11)10-7-9-4(2)6(8)12-7/h3H2,1-2H3,(H,9,10,11). The predicted octanol–water partition coefficient (Wildman–Crippen LogP) is 2.40. The number of hydrogen-bond acceptors (Lipinski definition) is 3. The maximum absolute atomic E-state index is 11.0. The fraction of sp³-hybridized carbons (Fsp3) is 0.429. The van der Waals surface area contributed by atoms with Crippen molar-refractivity contribution in [3.63, 3.8) is 0 Å². The zero-order valence-corrected chi connectivity index (χ0v) is 9.82. The van der Waals surface area contributed by atoms with E-state index in [1.807, 2.05) is 13.8 Å². The van der Waals surface area contributed by atoms with E-state index in [0.29, 0.717) is 11.6 Å². The molecule has 1 N–H and O–H groups in total. The van der Waals surface area contributed by atoms with Crippen molar-refractivity contribution in [2.24, 2.45) is 0 Å². The number of thiazole rings is 1. The number of amides is 1. The van der Waals surface area contributed by atoms with Gasteiger partial charge in [-0.3, -0.25) is 4.79 Å². The minimum atomic E-state index is 0.0140. The average molecular weight is 296 g/mol. The molecule has 3 nitrogen and oxygen atoms in total. The van der Waals surface area contributed by atoms with Crippen LogP contribution in [0.3, 0.4) is 0 Å². The fourth-order valence-corrected chi connectivity index (χ4v) is 2.10. The van der Waals surface area contributed by atoms with Gasteiger partial charge in [0.2, 0.25) is 5.91 Å². The van der Waals surface area contributed by atoms with Gasteiger partial charge in [-0.25, -0.2) is 4.98 Å². The number of hydrogen-bond donors (Lipinski definition) is 1. The molecule has 0 saturated carbocycles. The lowest BCUT2D eigenvalue weighted by atomic mass is 10.5. The SMILES string of the molecule is CCC(=O)Nc1nc(C)c(I)s1. The topological polar surface area (TPSA) is 42.0 Å². The van der Waals surface area contributed by atoms with Crippen LogP contribution in [0, 0.1) is 9.81 Å². The second-order valence-electron chi connectivity index (χ2n) is 2.28. The summed E-state index contributed by atoms with van der Waals surface area (Å²) >= 11 is 3.71. The summed E-state index contributed by atoms with van der Waals surface area (Å²) in [6, 6.07) is 0. The van der Waals surface area contributed by atoms with Crippen LogP contribution in [0.5, 0.6) is 0 Å². The lowest BCUT2D eigenvalue weighted by Gasteiger charge is -1.95. The number of aromatic nitrogens is 1. The van der Waals surface area contributed by atoms with Gasteiger partial charge in [0.05, 0.1) is 8.58 Å². The normalized spacial score (nSPS) is 9.92. The summed E-state index contributed by atoms with van der Waals surface area (Å²) in [5.74, 6) is 0.0140. The van der Waals surface area contributed by atoms with Crippen LogP contribution >= 0.6 is 33.9 Å². The molecule has 0 bridgehead atoms. The van der Waals surface area contributed by atoms with Crippen LogP contribution in [0.15, 0.2) is 0 Å². The number of rotatable bonds is 2. The van der Waals surface area contributed by atoms with Crippen molar-refractivity contribution in [1.29, 1.82) is 0 Å². The number of carbonyl (C=O) groups is 1. The van der Waals surface area contributed by atoms with Crippen LogP contribution in [0.25, 0.3) is 0 Å². The molecule has 1 heterocycles. The molecule has 1 aromatic rings. The molecule has 66 valence electrons. The summed E-state index contributed by atoms with van der Waals surface area (Å²) in [6.45, 7) is 3.75. The van der Waals surface area contributed by atoms with Crippen LogP contribution in [-0.2, 0) is 4.79 Å². The molecular weight excluding hydrogens is 287 g/mol. The van der Waals surface area contributed by atoms with E-state index in [0.717, 1.165) is 8.58 Å². The molecule has 0 aliphatic rings. The summed E-state index contributed by atoms with van der Waals surface area (Å²) in [5.41, 5.74) is 0.979. The highest BCUT2D eigenvalue weighted by Gasteiger charge is 2.06. The molecule has 0 fully saturated rings. The molecule has 0 aliphatic carbocycles. The zero-order chi connectivity index (χ0) is 9.14. The van der Waals surface area contributed by atoms with Crippen molar-refractivity contribution >= 4 is 45.0 Å². The number of nitrogens with one attached hydrogen (secondary N) is 1. The van der Waals surface area contributed by atoms with Gasteiger partial charge in [-0.2, -0.15) is 0 Å². The third-order valence-electron chi connectivity index (χ3n) is 1.31. The van der Waals surface area contributed by atoms with Gasteiger partial charge < -0.3 is 5.32 Å². The minimum absolute atomic E-state index is 0.0140. The van der Waals surface area contributed by atoms with Crippen molar-refractivity contribution in [2.75, 3.05) is 5.32 Å². The minimum Gasteiger partial charge on any atom is -0.302 e. The Kier molecular flexibility index (Phi) is 3.45. The molecule has 0 radical (unpaired) electrons. The number of halogens is 1. The Balaban J connectivity index is 2.70. The van der Waals surface area contributed by atoms with Crippen molar-refractivity contribution in [1.82, 2.24) is 4.98 Å². The Morgan fingerprint density at radius 3 is 2.83 bits per heavy atom. The number of carbonyl (C=O) groups excluding carboxylic acids is 1. The van der Waals surface area contributed by atoms with Gasteiger partial charge >= 0.3 is 0 Å². The molecule has 0 spiro atoms. The molecule has 0 atom stereocenters. The van der Waals surface area contributed by atoms with Crippen LogP contribution in [-0.4, -0.2) is 10.9 Å². The smallest absolute Gasteiger partial charge is 0.225 e. The van der Waals surface area contributed by atoms with E-state index in [9.17, 15) is 4.79 Å².